The van der Waals surface area contributed by atoms with Crippen LogP contribution in [0.5, 0.6) is 23.0 Å². The van der Waals surface area contributed by atoms with Crippen molar-refractivity contribution in [1.82, 2.24) is 0 Å². The van der Waals surface area contributed by atoms with Crippen LogP contribution >= 0.6 is 0 Å². The standard InChI is InChI=1S/C34H44O7/c1-36-26-8-6-20(14-28(26)38-3)13-25-19-41-32(24-7-9-27(37-2)29(15-24)39-4)30(25)31(33(35)40-5)34-16-21-10-22(17-34)12-23(11-21)18-34/h6-9,14-15,21-23,25,30-32H,10-13,16-19H2,1-5H3/t21?,22?,23?,25-,30+,31?,32+,34?/m0/s1. The number of rotatable bonds is 10. The molecule has 0 aromatic heterocycles. The van der Waals surface area contributed by atoms with Gasteiger partial charge in [-0.05, 0) is 109 Å². The molecule has 2 aromatic carbocycles. The Morgan fingerprint density at radius 2 is 1.37 bits per heavy atom. The predicted octanol–water partition coefficient (Wildman–Crippen LogP) is 6.27. The smallest absolute Gasteiger partial charge is 0.309 e. The topological polar surface area (TPSA) is 72.5 Å². The van der Waals surface area contributed by atoms with Crippen LogP contribution in [0.3, 0.4) is 0 Å². The summed E-state index contributed by atoms with van der Waals surface area (Å²) in [4.78, 5) is 14.0. The number of methoxy groups -OCH3 is 5. The molecule has 4 aliphatic carbocycles. The summed E-state index contributed by atoms with van der Waals surface area (Å²) in [5, 5.41) is 0. The summed E-state index contributed by atoms with van der Waals surface area (Å²) in [5.74, 6) is 4.71. The fraction of sp³-hybridized carbons (Fsp3) is 0.618. The van der Waals surface area contributed by atoms with Gasteiger partial charge in [-0.1, -0.05) is 12.1 Å². The van der Waals surface area contributed by atoms with E-state index in [2.05, 4.69) is 18.2 Å². The molecular weight excluding hydrogens is 520 g/mol. The molecule has 4 bridgehead atoms. The Bertz CT molecular complexity index is 1220. The number of hydrogen-bond acceptors (Lipinski definition) is 7. The first-order chi connectivity index (χ1) is 19.9. The Labute approximate surface area is 243 Å². The lowest BCUT2D eigenvalue weighted by Crippen LogP contribution is -2.54. The van der Waals surface area contributed by atoms with Gasteiger partial charge in [0.1, 0.15) is 0 Å². The van der Waals surface area contributed by atoms with Crippen molar-refractivity contribution in [2.45, 2.75) is 51.0 Å². The second kappa shape index (κ2) is 11.4. The zero-order valence-electron chi connectivity index (χ0n) is 25.0. The molecule has 1 saturated heterocycles. The number of benzene rings is 2. The number of ether oxygens (including phenoxy) is 6. The second-order valence-corrected chi connectivity index (χ2v) is 12.9. The van der Waals surface area contributed by atoms with E-state index in [0.29, 0.717) is 29.6 Å². The van der Waals surface area contributed by atoms with Gasteiger partial charge in [0, 0.05) is 5.92 Å². The van der Waals surface area contributed by atoms with E-state index < -0.39 is 0 Å². The van der Waals surface area contributed by atoms with Gasteiger partial charge >= 0.3 is 5.97 Å². The van der Waals surface area contributed by atoms with Gasteiger partial charge in [-0.3, -0.25) is 4.79 Å². The fourth-order valence-electron chi connectivity index (χ4n) is 9.50. The van der Waals surface area contributed by atoms with Crippen LogP contribution in [0.2, 0.25) is 0 Å². The second-order valence-electron chi connectivity index (χ2n) is 12.9. The highest BCUT2D eigenvalue weighted by molar-refractivity contribution is 5.74. The Balaban J connectivity index is 1.42. The predicted molar refractivity (Wildman–Crippen MR) is 155 cm³/mol. The average molecular weight is 565 g/mol. The molecule has 1 aliphatic heterocycles. The molecule has 0 radical (unpaired) electrons. The lowest BCUT2D eigenvalue weighted by Gasteiger charge is -2.60. The minimum atomic E-state index is -0.253. The van der Waals surface area contributed by atoms with Crippen molar-refractivity contribution in [3.63, 3.8) is 0 Å². The van der Waals surface area contributed by atoms with Crippen molar-refractivity contribution in [3.8, 4) is 23.0 Å². The SMILES string of the molecule is COC(=O)C([C@H]1[C@@H](Cc2ccc(OC)c(OC)c2)CO[C@@H]1c1ccc(OC)c(OC)c1)C12CC3CC(CC(C3)C1)C2. The van der Waals surface area contributed by atoms with E-state index >= 15 is 0 Å². The molecule has 0 amide bonds. The summed E-state index contributed by atoms with van der Waals surface area (Å²) in [6, 6.07) is 12.1. The van der Waals surface area contributed by atoms with E-state index in [0.717, 1.165) is 54.6 Å². The van der Waals surface area contributed by atoms with Gasteiger partial charge in [0.15, 0.2) is 23.0 Å². The molecule has 2 aromatic rings. The van der Waals surface area contributed by atoms with E-state index in [1.807, 2.05) is 18.2 Å². The van der Waals surface area contributed by atoms with Crippen LogP contribution in [-0.2, 0) is 20.7 Å². The number of hydrogen-bond donors (Lipinski definition) is 0. The van der Waals surface area contributed by atoms with Crippen molar-refractivity contribution in [2.75, 3.05) is 42.2 Å². The van der Waals surface area contributed by atoms with E-state index in [9.17, 15) is 4.79 Å². The Kier molecular flexibility index (Phi) is 7.84. The monoisotopic (exact) mass is 564 g/mol. The maximum absolute atomic E-state index is 14.0. The van der Waals surface area contributed by atoms with Crippen LogP contribution in [0.1, 0.15) is 55.8 Å². The van der Waals surface area contributed by atoms with E-state index in [1.54, 1.807) is 35.5 Å². The van der Waals surface area contributed by atoms with E-state index in [1.165, 1.54) is 19.3 Å². The number of carbonyl (C=O) groups excluding carboxylic acids is 1. The minimum absolute atomic E-state index is 0.0368. The van der Waals surface area contributed by atoms with Crippen molar-refractivity contribution in [3.05, 3.63) is 47.5 Å². The molecule has 7 rings (SSSR count). The van der Waals surface area contributed by atoms with Crippen LogP contribution in [0.4, 0.5) is 0 Å². The van der Waals surface area contributed by atoms with Crippen molar-refractivity contribution in [1.29, 1.82) is 0 Å². The van der Waals surface area contributed by atoms with Gasteiger partial charge in [0.25, 0.3) is 0 Å². The molecule has 1 heterocycles. The highest BCUT2D eigenvalue weighted by atomic mass is 16.5. The highest BCUT2D eigenvalue weighted by Gasteiger charge is 2.61. The fourth-order valence-corrected chi connectivity index (χ4v) is 9.50. The molecule has 7 heteroatoms. The highest BCUT2D eigenvalue weighted by Crippen LogP contribution is 2.66. The quantitative estimate of drug-likeness (QED) is 0.315. The van der Waals surface area contributed by atoms with Gasteiger partial charge in [-0.15, -0.1) is 0 Å². The summed E-state index contributed by atoms with van der Waals surface area (Å²) < 4.78 is 34.7. The third-order valence-corrected chi connectivity index (χ3v) is 10.7. The molecule has 41 heavy (non-hydrogen) atoms. The summed E-state index contributed by atoms with van der Waals surface area (Å²) in [6.07, 6.45) is 7.85. The third-order valence-electron chi connectivity index (χ3n) is 10.7. The summed E-state index contributed by atoms with van der Waals surface area (Å²) >= 11 is 0. The van der Waals surface area contributed by atoms with Crippen LogP contribution in [0.15, 0.2) is 36.4 Å². The average Bonchev–Trinajstić information content (AvgIpc) is 3.38. The molecule has 4 atom stereocenters. The zero-order chi connectivity index (χ0) is 28.7. The lowest BCUT2D eigenvalue weighted by molar-refractivity contribution is -0.170. The summed E-state index contributed by atoms with van der Waals surface area (Å²) in [7, 11) is 8.17. The van der Waals surface area contributed by atoms with Gasteiger partial charge in [-0.2, -0.15) is 0 Å². The summed E-state index contributed by atoms with van der Waals surface area (Å²) in [6.45, 7) is 0.567. The van der Waals surface area contributed by atoms with E-state index in [-0.39, 0.29) is 35.2 Å². The van der Waals surface area contributed by atoms with Crippen molar-refractivity contribution < 1.29 is 33.2 Å². The summed E-state index contributed by atoms with van der Waals surface area (Å²) in [5.41, 5.74) is 2.12. The third kappa shape index (κ3) is 5.04. The lowest BCUT2D eigenvalue weighted by atomic mass is 9.44. The largest absolute Gasteiger partial charge is 0.493 e. The van der Waals surface area contributed by atoms with Gasteiger partial charge < -0.3 is 28.4 Å². The first-order valence-electron chi connectivity index (χ1n) is 15.0. The molecule has 4 saturated carbocycles. The van der Waals surface area contributed by atoms with Crippen LogP contribution < -0.4 is 18.9 Å². The maximum Gasteiger partial charge on any atom is 0.309 e. The van der Waals surface area contributed by atoms with Crippen LogP contribution in [0.25, 0.3) is 0 Å². The van der Waals surface area contributed by atoms with Crippen LogP contribution in [-0.4, -0.2) is 48.1 Å². The zero-order valence-corrected chi connectivity index (χ0v) is 25.0. The molecule has 0 N–H and O–H groups in total. The number of esters is 1. The normalized spacial score (nSPS) is 32.4. The first-order valence-corrected chi connectivity index (χ1v) is 15.0. The molecule has 7 nitrogen and oxygen atoms in total. The van der Waals surface area contributed by atoms with Crippen LogP contribution in [0, 0.1) is 40.9 Å². The Morgan fingerprint density at radius 3 is 1.93 bits per heavy atom. The molecule has 0 spiro atoms. The Morgan fingerprint density at radius 1 is 0.805 bits per heavy atom. The maximum atomic E-state index is 14.0. The van der Waals surface area contributed by atoms with Crippen molar-refractivity contribution in [2.24, 2.45) is 40.9 Å². The molecule has 1 unspecified atom stereocenters. The first kappa shape index (κ1) is 28.2. The minimum Gasteiger partial charge on any atom is -0.493 e. The number of carbonyl (C=O) groups is 1. The van der Waals surface area contributed by atoms with Gasteiger partial charge in [0.05, 0.1) is 54.2 Å². The van der Waals surface area contributed by atoms with E-state index in [4.69, 9.17) is 28.4 Å². The van der Waals surface area contributed by atoms with Crippen molar-refractivity contribution >= 4 is 5.97 Å². The molecule has 5 fully saturated rings. The van der Waals surface area contributed by atoms with Gasteiger partial charge in [0.2, 0.25) is 0 Å². The molecule has 222 valence electrons. The molecule has 5 aliphatic rings. The molecular formula is C34H44O7. The van der Waals surface area contributed by atoms with Gasteiger partial charge in [-0.25, -0.2) is 0 Å². The Hall–Kier alpha value is -2.93.